The van der Waals surface area contributed by atoms with Gasteiger partial charge in [0.2, 0.25) is 11.8 Å². The number of benzene rings is 2. The quantitative estimate of drug-likeness (QED) is 0.714. The first kappa shape index (κ1) is 20.0. The van der Waals surface area contributed by atoms with Crippen molar-refractivity contribution in [3.05, 3.63) is 64.7 Å². The van der Waals surface area contributed by atoms with Crippen molar-refractivity contribution in [2.75, 3.05) is 11.9 Å². The van der Waals surface area contributed by atoms with Gasteiger partial charge in [0.05, 0.1) is 0 Å². The predicted octanol–water partition coefficient (Wildman–Crippen LogP) is 4.23. The first-order chi connectivity index (χ1) is 12.3. The fourth-order valence-electron chi connectivity index (χ4n) is 2.57. The summed E-state index contributed by atoms with van der Waals surface area (Å²) in [6.45, 7) is 5.73. The molecular weight excluding hydrogens is 348 g/mol. The Morgan fingerprint density at radius 1 is 1.04 bits per heavy atom. The summed E-state index contributed by atoms with van der Waals surface area (Å²) in [5, 5.41) is 6.39. The molecule has 0 unspecified atom stereocenters. The second kappa shape index (κ2) is 8.86. The maximum atomic E-state index is 12.6. The maximum Gasteiger partial charge on any atom is 0.239 e. The average Bonchev–Trinajstić information content (AvgIpc) is 2.62. The molecule has 2 amide bonds. The molecule has 138 valence electrons. The molecule has 4 nitrogen and oxygen atoms in total. The van der Waals surface area contributed by atoms with E-state index in [0.717, 1.165) is 23.2 Å². The Kier molecular flexibility index (Phi) is 6.81. The van der Waals surface area contributed by atoms with E-state index in [4.69, 9.17) is 11.6 Å². The molecule has 0 heterocycles. The van der Waals surface area contributed by atoms with Gasteiger partial charge in [-0.15, -0.1) is 0 Å². The van der Waals surface area contributed by atoms with Crippen LogP contribution in [0.2, 0.25) is 5.02 Å². The van der Waals surface area contributed by atoms with E-state index in [1.165, 1.54) is 0 Å². The number of halogens is 1. The van der Waals surface area contributed by atoms with E-state index < -0.39 is 5.41 Å². The number of hydrogen-bond donors (Lipinski definition) is 2. The summed E-state index contributed by atoms with van der Waals surface area (Å²) in [7, 11) is 0. The lowest BCUT2D eigenvalue weighted by Gasteiger charge is -2.23. The van der Waals surface area contributed by atoms with Crippen LogP contribution in [0.1, 0.15) is 31.9 Å². The molecule has 0 aliphatic heterocycles. The van der Waals surface area contributed by atoms with Crippen LogP contribution in [0.4, 0.5) is 5.69 Å². The summed E-state index contributed by atoms with van der Waals surface area (Å²) in [6.07, 6.45) is 1.46. The number of para-hydroxylation sites is 1. The van der Waals surface area contributed by atoms with Crippen LogP contribution < -0.4 is 10.6 Å². The minimum Gasteiger partial charge on any atom is -0.355 e. The monoisotopic (exact) mass is 372 g/mol. The highest BCUT2D eigenvalue weighted by atomic mass is 35.5. The van der Waals surface area contributed by atoms with Gasteiger partial charge in [0, 0.05) is 17.3 Å². The van der Waals surface area contributed by atoms with Gasteiger partial charge in [-0.25, -0.2) is 0 Å². The minimum absolute atomic E-state index is 0.300. The van der Waals surface area contributed by atoms with Gasteiger partial charge in [0.1, 0.15) is 5.41 Å². The number of carbonyl (C=O) groups is 2. The zero-order valence-electron chi connectivity index (χ0n) is 15.4. The molecule has 2 aromatic carbocycles. The van der Waals surface area contributed by atoms with Crippen molar-refractivity contribution >= 4 is 29.1 Å². The summed E-state index contributed by atoms with van der Waals surface area (Å²) in [4.78, 5) is 25.1. The Bertz CT molecular complexity index is 787. The van der Waals surface area contributed by atoms with Crippen LogP contribution in [0.3, 0.4) is 0 Å². The van der Waals surface area contributed by atoms with Gasteiger partial charge < -0.3 is 10.6 Å². The smallest absolute Gasteiger partial charge is 0.239 e. The summed E-state index contributed by atoms with van der Waals surface area (Å²) >= 11 is 5.96. The fraction of sp³-hybridized carbons (Fsp3) is 0.333. The second-order valence-electron chi connectivity index (χ2n) is 6.73. The molecule has 0 bridgehead atoms. The number of hydrogen-bond acceptors (Lipinski definition) is 2. The van der Waals surface area contributed by atoms with Crippen LogP contribution in [0.5, 0.6) is 0 Å². The van der Waals surface area contributed by atoms with E-state index >= 15 is 0 Å². The van der Waals surface area contributed by atoms with Gasteiger partial charge in [0.25, 0.3) is 0 Å². The van der Waals surface area contributed by atoms with Gasteiger partial charge >= 0.3 is 0 Å². The van der Waals surface area contributed by atoms with Gasteiger partial charge in [-0.1, -0.05) is 48.9 Å². The van der Waals surface area contributed by atoms with Crippen LogP contribution in [0, 0.1) is 5.41 Å². The summed E-state index contributed by atoms with van der Waals surface area (Å²) in [6, 6.07) is 15.1. The summed E-state index contributed by atoms with van der Waals surface area (Å²) in [5.41, 5.74) is 1.66. The zero-order chi connectivity index (χ0) is 19.2. The largest absolute Gasteiger partial charge is 0.355 e. The van der Waals surface area contributed by atoms with Gasteiger partial charge in [0.15, 0.2) is 0 Å². The summed E-state index contributed by atoms with van der Waals surface area (Å²) < 4.78 is 0. The molecule has 0 radical (unpaired) electrons. The molecule has 0 saturated carbocycles. The van der Waals surface area contributed by atoms with Crippen molar-refractivity contribution < 1.29 is 9.59 Å². The molecule has 0 aromatic heterocycles. The number of rotatable bonds is 7. The minimum atomic E-state index is -1.17. The Morgan fingerprint density at radius 2 is 1.77 bits per heavy atom. The maximum absolute atomic E-state index is 12.6. The zero-order valence-corrected chi connectivity index (χ0v) is 16.2. The van der Waals surface area contributed by atoms with Crippen LogP contribution >= 0.6 is 11.6 Å². The summed E-state index contributed by atoms with van der Waals surface area (Å²) in [5.74, 6) is -0.621. The van der Waals surface area contributed by atoms with Gasteiger partial charge in [-0.2, -0.15) is 0 Å². The first-order valence-electron chi connectivity index (χ1n) is 8.76. The fourth-order valence-corrected chi connectivity index (χ4v) is 2.78. The number of aryl methyl sites for hydroxylation is 1. The normalized spacial score (nSPS) is 11.1. The number of anilines is 1. The molecule has 0 aliphatic rings. The SMILES string of the molecule is CCc1ccccc1NC(=O)C(C)(C)C(=O)NCCc1cccc(Cl)c1. The van der Waals surface area contributed by atoms with E-state index in [-0.39, 0.29) is 11.8 Å². The van der Waals surface area contributed by atoms with E-state index in [9.17, 15) is 9.59 Å². The molecule has 2 aromatic rings. The van der Waals surface area contributed by atoms with Gasteiger partial charge in [-0.3, -0.25) is 9.59 Å². The molecule has 0 atom stereocenters. The molecule has 2 rings (SSSR count). The van der Waals surface area contributed by atoms with Crippen molar-refractivity contribution in [2.24, 2.45) is 5.41 Å². The third-order valence-corrected chi connectivity index (χ3v) is 4.61. The molecule has 26 heavy (non-hydrogen) atoms. The molecule has 0 fully saturated rings. The van der Waals surface area contributed by atoms with E-state index in [0.29, 0.717) is 18.0 Å². The molecule has 5 heteroatoms. The Morgan fingerprint density at radius 3 is 2.46 bits per heavy atom. The first-order valence-corrected chi connectivity index (χ1v) is 9.14. The highest BCUT2D eigenvalue weighted by Gasteiger charge is 2.36. The lowest BCUT2D eigenvalue weighted by molar-refractivity contribution is -0.138. The topological polar surface area (TPSA) is 58.2 Å². The van der Waals surface area contributed by atoms with Crippen LogP contribution in [-0.4, -0.2) is 18.4 Å². The van der Waals surface area contributed by atoms with Crippen LogP contribution in [0.25, 0.3) is 0 Å². The molecular formula is C21H25ClN2O2. The highest BCUT2D eigenvalue weighted by molar-refractivity contribution is 6.30. The van der Waals surface area contributed by atoms with Gasteiger partial charge in [-0.05, 0) is 56.0 Å². The molecule has 2 N–H and O–H groups in total. The Labute approximate surface area is 159 Å². The second-order valence-corrected chi connectivity index (χ2v) is 7.16. The van der Waals surface area contributed by atoms with Crippen molar-refractivity contribution in [2.45, 2.75) is 33.6 Å². The number of carbonyl (C=O) groups excluding carboxylic acids is 2. The average molecular weight is 373 g/mol. The third kappa shape index (κ3) is 5.09. The number of nitrogens with one attached hydrogen (secondary N) is 2. The lowest BCUT2D eigenvalue weighted by Crippen LogP contribution is -2.45. The van der Waals surface area contributed by atoms with Crippen molar-refractivity contribution in [1.29, 1.82) is 0 Å². The molecule has 0 saturated heterocycles. The molecule has 0 aliphatic carbocycles. The molecule has 0 spiro atoms. The van der Waals surface area contributed by atoms with E-state index in [1.807, 2.05) is 55.5 Å². The van der Waals surface area contributed by atoms with Crippen molar-refractivity contribution in [1.82, 2.24) is 5.32 Å². The predicted molar refractivity (Wildman–Crippen MR) is 106 cm³/mol. The Balaban J connectivity index is 1.94. The van der Waals surface area contributed by atoms with Crippen LogP contribution in [-0.2, 0) is 22.4 Å². The Hall–Kier alpha value is -2.33. The third-order valence-electron chi connectivity index (χ3n) is 4.37. The highest BCUT2D eigenvalue weighted by Crippen LogP contribution is 2.22. The van der Waals surface area contributed by atoms with Crippen LogP contribution in [0.15, 0.2) is 48.5 Å². The standard InChI is InChI=1S/C21H25ClN2O2/c1-4-16-9-5-6-11-18(16)24-20(26)21(2,3)19(25)23-13-12-15-8-7-10-17(22)14-15/h5-11,14H,4,12-13H2,1-3H3,(H,23,25)(H,24,26). The lowest BCUT2D eigenvalue weighted by atomic mass is 9.90. The van der Waals surface area contributed by atoms with Crippen molar-refractivity contribution in [3.63, 3.8) is 0 Å². The van der Waals surface area contributed by atoms with E-state index in [1.54, 1.807) is 13.8 Å². The van der Waals surface area contributed by atoms with Crippen molar-refractivity contribution in [3.8, 4) is 0 Å². The van der Waals surface area contributed by atoms with E-state index in [2.05, 4.69) is 10.6 Å². The number of amides is 2.